The van der Waals surface area contributed by atoms with Gasteiger partial charge in [-0.3, -0.25) is 4.79 Å². The second kappa shape index (κ2) is 4.95. The molecule has 0 aliphatic carbocycles. The number of hydrogen-bond donors (Lipinski definition) is 0. The molecule has 0 fully saturated rings. The molecule has 0 unspecified atom stereocenters. The van der Waals surface area contributed by atoms with Crippen LogP contribution in [0.15, 0.2) is 0 Å². The number of hydrogen-bond acceptors (Lipinski definition) is 4. The number of ether oxygens (including phenoxy) is 1. The van der Waals surface area contributed by atoms with Crippen molar-refractivity contribution < 1.29 is 39.0 Å². The minimum atomic E-state index is -4.00. The molecule has 0 N–H and O–H groups in total. The summed E-state index contributed by atoms with van der Waals surface area (Å²) >= 11 is 0. The molecule has 5 heteroatoms. The van der Waals surface area contributed by atoms with E-state index in [0.29, 0.717) is 0 Å². The maximum atomic E-state index is 11.1. The molecule has 0 aromatic carbocycles. The Kier molecular flexibility index (Phi) is 1.23. The molecule has 0 aromatic heterocycles. The summed E-state index contributed by atoms with van der Waals surface area (Å²) in [4.78, 5) is 21.9. The third-order valence-electron chi connectivity index (χ3n) is 0.998. The minimum Gasteiger partial charge on any atom is -0.550 e. The van der Waals surface area contributed by atoms with Gasteiger partial charge in [0.25, 0.3) is 0 Å². The van der Waals surface area contributed by atoms with E-state index in [-0.39, 0.29) is 0 Å². The first-order valence-electron chi connectivity index (χ1n) is 9.00. The van der Waals surface area contributed by atoms with Crippen LogP contribution in [-0.4, -0.2) is 49.9 Å². The lowest BCUT2D eigenvalue weighted by Gasteiger charge is -2.28. The fraction of sp³-hybridized carbons (Fsp3) is 0.778. The van der Waals surface area contributed by atoms with E-state index in [4.69, 9.17) is 15.1 Å². The molecule has 1 atom stereocenters. The number of nitrogens with zero attached hydrogens (tertiary/aromatic N) is 1. The summed E-state index contributed by atoms with van der Waals surface area (Å²) in [5.41, 5.74) is 0. The van der Waals surface area contributed by atoms with Crippen LogP contribution in [0.3, 0.4) is 0 Å². The number of esters is 1. The van der Waals surface area contributed by atoms with Crippen molar-refractivity contribution >= 4 is 11.9 Å². The highest BCUT2D eigenvalue weighted by Gasteiger charge is 2.20. The zero-order valence-electron chi connectivity index (χ0n) is 18.4. The molecule has 0 aliphatic rings. The molecule has 0 heterocycles. The first-order chi connectivity index (χ1) is 10.7. The number of carbonyl (C=O) groups excluding carboxylic acids is 2. The number of rotatable bonds is 5. The largest absolute Gasteiger partial charge is 0.550 e. The van der Waals surface area contributed by atoms with Gasteiger partial charge in [0, 0.05) is 19.3 Å². The van der Waals surface area contributed by atoms with E-state index in [1.807, 2.05) is 0 Å². The van der Waals surface area contributed by atoms with Crippen molar-refractivity contribution in [2.45, 2.75) is 19.4 Å². The highest BCUT2D eigenvalue weighted by Crippen LogP contribution is 2.04. The minimum absolute atomic E-state index is 0.729. The highest BCUT2D eigenvalue weighted by atomic mass is 16.5. The SMILES string of the molecule is [2H]C([2H])([2H])[N+](C([2H])([2H])[2H])(C([2H])([2H])[2H])C([2H])([2H])[C@@H](CC(=O)[O-])OC(C)=O. The van der Waals surface area contributed by atoms with Crippen LogP contribution in [0.4, 0.5) is 0 Å². The first kappa shape index (κ1) is 3.48. The zero-order chi connectivity index (χ0) is 20.6. The van der Waals surface area contributed by atoms with Gasteiger partial charge < -0.3 is 19.1 Å². The summed E-state index contributed by atoms with van der Waals surface area (Å²) < 4.78 is 83.8. The summed E-state index contributed by atoms with van der Waals surface area (Å²) in [5.74, 6) is -3.27. The molecular formula is C9H17NO4. The standard InChI is InChI=1S/C9H17NO4/c1-7(11)14-8(5-9(12)13)6-10(2,3)4/h8H,5-6H2,1-4H3/t8-/m1/s1/i2D3,3D3,4D3,6D2. The molecule has 0 aliphatic heterocycles. The molecule has 5 nitrogen and oxygen atoms in total. The summed E-state index contributed by atoms with van der Waals surface area (Å²) in [6.45, 7) is -15.1. The summed E-state index contributed by atoms with van der Waals surface area (Å²) in [7, 11) is 0. The van der Waals surface area contributed by atoms with Crippen LogP contribution in [-0.2, 0) is 14.3 Å². The molecule has 0 radical (unpaired) electrons. The fourth-order valence-corrected chi connectivity index (χ4v) is 0.681. The van der Waals surface area contributed by atoms with Crippen LogP contribution < -0.4 is 5.11 Å². The number of carboxylic acids is 1. The van der Waals surface area contributed by atoms with Gasteiger partial charge in [0.1, 0.15) is 6.50 Å². The number of carbonyl (C=O) groups is 2. The first-order valence-corrected chi connectivity index (χ1v) is 3.50. The predicted molar refractivity (Wildman–Crippen MR) is 48.1 cm³/mol. The van der Waals surface area contributed by atoms with E-state index in [2.05, 4.69) is 4.74 Å². The van der Waals surface area contributed by atoms with Crippen molar-refractivity contribution in [3.8, 4) is 0 Å². The molecule has 0 spiro atoms. The monoisotopic (exact) mass is 214 g/mol. The second-order valence-corrected chi connectivity index (χ2v) is 2.47. The quantitative estimate of drug-likeness (QED) is 0.424. The fourth-order valence-electron chi connectivity index (χ4n) is 0.681. The average Bonchev–Trinajstić information content (AvgIpc) is 2.19. The molecule has 14 heavy (non-hydrogen) atoms. The van der Waals surface area contributed by atoms with Gasteiger partial charge in [-0.1, -0.05) is 0 Å². The van der Waals surface area contributed by atoms with E-state index in [1.165, 1.54) is 0 Å². The molecule has 0 saturated heterocycles. The molecule has 0 saturated carbocycles. The lowest BCUT2D eigenvalue weighted by molar-refractivity contribution is -0.873. The Morgan fingerprint density at radius 2 is 2.14 bits per heavy atom. The van der Waals surface area contributed by atoms with Crippen LogP contribution in [0.5, 0.6) is 0 Å². The molecular weight excluding hydrogens is 186 g/mol. The van der Waals surface area contributed by atoms with Gasteiger partial charge in [0.2, 0.25) is 0 Å². The topological polar surface area (TPSA) is 66.4 Å². The van der Waals surface area contributed by atoms with Gasteiger partial charge in [0.05, 0.1) is 36.0 Å². The molecule has 0 amide bonds. The Balaban J connectivity index is 6.87. The van der Waals surface area contributed by atoms with Crippen LogP contribution in [0.2, 0.25) is 0 Å². The second-order valence-electron chi connectivity index (χ2n) is 2.47. The maximum Gasteiger partial charge on any atom is 0.303 e. The van der Waals surface area contributed by atoms with Crippen molar-refractivity contribution in [2.75, 3.05) is 27.4 Å². The van der Waals surface area contributed by atoms with Gasteiger partial charge in [0.15, 0.2) is 6.10 Å². The van der Waals surface area contributed by atoms with Crippen LogP contribution in [0.1, 0.15) is 28.4 Å². The van der Waals surface area contributed by atoms with Gasteiger partial charge in [-0.05, 0) is 0 Å². The van der Waals surface area contributed by atoms with Gasteiger partial charge in [-0.15, -0.1) is 0 Å². The lowest BCUT2D eigenvalue weighted by atomic mass is 10.2. The van der Waals surface area contributed by atoms with Crippen molar-refractivity contribution in [3.05, 3.63) is 0 Å². The third-order valence-corrected chi connectivity index (χ3v) is 0.998. The molecule has 0 rings (SSSR count). The maximum absolute atomic E-state index is 11.1. The van der Waals surface area contributed by atoms with Crippen LogP contribution in [0, 0.1) is 0 Å². The van der Waals surface area contributed by atoms with Crippen molar-refractivity contribution in [1.29, 1.82) is 0 Å². The smallest absolute Gasteiger partial charge is 0.303 e. The van der Waals surface area contributed by atoms with E-state index in [0.717, 1.165) is 6.92 Å². The number of quaternary nitrogens is 1. The van der Waals surface area contributed by atoms with Crippen molar-refractivity contribution in [2.24, 2.45) is 0 Å². The average molecular weight is 214 g/mol. The van der Waals surface area contributed by atoms with E-state index < -0.39 is 56.4 Å². The summed E-state index contributed by atoms with van der Waals surface area (Å²) in [6.07, 6.45) is -3.99. The summed E-state index contributed by atoms with van der Waals surface area (Å²) in [5, 5.41) is 10.8. The highest BCUT2D eigenvalue weighted by molar-refractivity contribution is 5.68. The molecule has 0 aromatic rings. The summed E-state index contributed by atoms with van der Waals surface area (Å²) in [6, 6.07) is 0. The third kappa shape index (κ3) is 7.54. The number of carboxylic acid groups (broad SMARTS) is 1. The van der Waals surface area contributed by atoms with Crippen LogP contribution in [0.25, 0.3) is 0 Å². The predicted octanol–water partition coefficient (Wildman–Crippen LogP) is -1.24. The Morgan fingerprint density at radius 1 is 1.57 bits per heavy atom. The van der Waals surface area contributed by atoms with E-state index in [1.54, 1.807) is 0 Å². The van der Waals surface area contributed by atoms with Crippen molar-refractivity contribution in [1.82, 2.24) is 0 Å². The van der Waals surface area contributed by atoms with Crippen molar-refractivity contribution in [3.63, 3.8) is 0 Å². The Labute approximate surface area is 99.3 Å². The van der Waals surface area contributed by atoms with Crippen LogP contribution >= 0.6 is 0 Å². The number of likely N-dealkylation sites (N-methyl/N-ethyl adjacent to an activating group) is 1. The Bertz CT molecular complexity index is 469. The van der Waals surface area contributed by atoms with Gasteiger partial charge >= 0.3 is 5.97 Å². The zero-order valence-corrected chi connectivity index (χ0v) is 7.36. The van der Waals surface area contributed by atoms with E-state index in [9.17, 15) is 14.7 Å². The molecule has 82 valence electrons. The van der Waals surface area contributed by atoms with Gasteiger partial charge in [-0.25, -0.2) is 0 Å². The lowest BCUT2D eigenvalue weighted by Crippen LogP contribution is -2.45. The normalized spacial score (nSPS) is 28.8. The number of aliphatic carboxylic acids is 1. The Morgan fingerprint density at radius 3 is 2.50 bits per heavy atom. The van der Waals surface area contributed by atoms with E-state index >= 15 is 0 Å². The van der Waals surface area contributed by atoms with Gasteiger partial charge in [-0.2, -0.15) is 0 Å². The Hall–Kier alpha value is -1.10. The molecule has 0 bridgehead atoms.